The number of ether oxygens (including phenoxy) is 4. The zero-order valence-corrected chi connectivity index (χ0v) is 69.6. The van der Waals surface area contributed by atoms with Crippen LogP contribution >= 0.6 is 15.6 Å². The summed E-state index contributed by atoms with van der Waals surface area (Å²) in [5, 5.41) is 10.7. The zero-order valence-electron chi connectivity index (χ0n) is 67.8. The molecule has 0 aromatic heterocycles. The van der Waals surface area contributed by atoms with Crippen LogP contribution in [0.15, 0.2) is 0 Å². The molecule has 0 aliphatic carbocycles. The monoisotopic (exact) mass is 1510 g/mol. The minimum atomic E-state index is -4.97. The molecule has 0 rings (SSSR count). The summed E-state index contributed by atoms with van der Waals surface area (Å²) in [5.41, 5.74) is 0. The maximum absolute atomic E-state index is 13.1. The first-order valence-electron chi connectivity index (χ1n) is 43.4. The third kappa shape index (κ3) is 76.6. The Hall–Kier alpha value is -1.94. The molecular formula is C84H164O17P2. The van der Waals surface area contributed by atoms with Crippen molar-refractivity contribution in [1.82, 2.24) is 0 Å². The first-order chi connectivity index (χ1) is 49.8. The number of phosphoric ester groups is 2. The molecule has 0 aromatic rings. The molecule has 0 aliphatic heterocycles. The van der Waals surface area contributed by atoms with Crippen molar-refractivity contribution in [1.29, 1.82) is 0 Å². The average molecular weight is 1510 g/mol. The second kappa shape index (κ2) is 74.2. The largest absolute Gasteiger partial charge is 0.472 e. The van der Waals surface area contributed by atoms with Crippen LogP contribution in [-0.2, 0) is 65.4 Å². The SMILES string of the molecule is CCCCCCCCCCCCCCCCCCCCC(=O)OC[C@H](COP(=O)(O)OC[C@@H](O)COP(=O)(O)OC[C@@H](COC(=O)CCCCCCCCCCC(C)CC)OC(=O)CCCCCCCCCCCC(C)C)OC(=O)CCCCCCCCCCCCCCCCCCCCC(C)C. The second-order valence-corrected chi connectivity index (χ2v) is 34.3. The van der Waals surface area contributed by atoms with Gasteiger partial charge in [-0.2, -0.15) is 0 Å². The van der Waals surface area contributed by atoms with Gasteiger partial charge in [-0.25, -0.2) is 9.13 Å². The molecule has 612 valence electrons. The van der Waals surface area contributed by atoms with Gasteiger partial charge in [-0.05, 0) is 43.4 Å². The molecule has 0 bridgehead atoms. The van der Waals surface area contributed by atoms with E-state index in [0.29, 0.717) is 25.7 Å². The molecule has 3 unspecified atom stereocenters. The molecule has 0 radical (unpaired) electrons. The van der Waals surface area contributed by atoms with Crippen LogP contribution in [0.4, 0.5) is 0 Å². The Morgan fingerprint density at radius 1 is 0.282 bits per heavy atom. The lowest BCUT2D eigenvalue weighted by Crippen LogP contribution is -2.30. The molecule has 0 fully saturated rings. The van der Waals surface area contributed by atoms with E-state index in [-0.39, 0.29) is 25.7 Å². The molecular weight excluding hydrogens is 1340 g/mol. The Kier molecular flexibility index (Phi) is 72.8. The molecule has 17 nitrogen and oxygen atoms in total. The topological polar surface area (TPSA) is 237 Å². The summed E-state index contributed by atoms with van der Waals surface area (Å²) < 4.78 is 68.8. The number of hydrogen-bond donors (Lipinski definition) is 3. The number of carbonyl (C=O) groups excluding carboxylic acids is 4. The molecule has 0 heterocycles. The molecule has 0 saturated carbocycles. The van der Waals surface area contributed by atoms with Gasteiger partial charge in [-0.15, -0.1) is 0 Å². The predicted molar refractivity (Wildman–Crippen MR) is 423 cm³/mol. The van der Waals surface area contributed by atoms with Crippen LogP contribution in [0.25, 0.3) is 0 Å². The van der Waals surface area contributed by atoms with E-state index in [1.807, 2.05) is 0 Å². The van der Waals surface area contributed by atoms with Gasteiger partial charge in [0.15, 0.2) is 12.2 Å². The Morgan fingerprint density at radius 2 is 0.495 bits per heavy atom. The quantitative estimate of drug-likeness (QED) is 0.0222. The molecule has 0 amide bonds. The third-order valence-electron chi connectivity index (χ3n) is 20.0. The maximum atomic E-state index is 13.1. The summed E-state index contributed by atoms with van der Waals surface area (Å²) in [5.74, 6) is 0.226. The second-order valence-electron chi connectivity index (χ2n) is 31.4. The van der Waals surface area contributed by atoms with Crippen molar-refractivity contribution in [2.45, 2.75) is 458 Å². The lowest BCUT2D eigenvalue weighted by atomic mass is 9.99. The van der Waals surface area contributed by atoms with Crippen LogP contribution in [0.3, 0.4) is 0 Å². The number of unbranched alkanes of at least 4 members (excludes halogenated alkanes) is 49. The third-order valence-corrected chi connectivity index (χ3v) is 21.9. The summed E-state index contributed by atoms with van der Waals surface area (Å²) in [4.78, 5) is 73.1. The Balaban J connectivity index is 5.24. The van der Waals surface area contributed by atoms with Crippen molar-refractivity contribution in [2.24, 2.45) is 17.8 Å². The van der Waals surface area contributed by atoms with Gasteiger partial charge in [0, 0.05) is 25.7 Å². The van der Waals surface area contributed by atoms with Crippen LogP contribution in [-0.4, -0.2) is 96.7 Å². The first kappa shape index (κ1) is 101. The van der Waals surface area contributed by atoms with Gasteiger partial charge in [0.1, 0.15) is 19.3 Å². The van der Waals surface area contributed by atoms with Crippen LogP contribution in [0, 0.1) is 17.8 Å². The van der Waals surface area contributed by atoms with E-state index in [2.05, 4.69) is 48.5 Å². The van der Waals surface area contributed by atoms with Crippen molar-refractivity contribution in [2.75, 3.05) is 39.6 Å². The fourth-order valence-corrected chi connectivity index (χ4v) is 14.6. The van der Waals surface area contributed by atoms with E-state index >= 15 is 0 Å². The van der Waals surface area contributed by atoms with Gasteiger partial charge < -0.3 is 33.8 Å². The number of aliphatic hydroxyl groups excluding tert-OH is 1. The lowest BCUT2D eigenvalue weighted by molar-refractivity contribution is -0.161. The van der Waals surface area contributed by atoms with Gasteiger partial charge in [0.25, 0.3) is 0 Å². The van der Waals surface area contributed by atoms with Crippen LogP contribution < -0.4 is 0 Å². The molecule has 6 atom stereocenters. The molecule has 0 aromatic carbocycles. The van der Waals surface area contributed by atoms with Crippen molar-refractivity contribution >= 4 is 39.5 Å². The standard InChI is InChI=1S/C84H164O17P2/c1-8-10-11-12-13-14-15-16-17-18-22-25-28-31-36-44-51-58-65-81(86)94-71-79(100-83(88)67-60-53-46-37-32-29-26-23-20-19-21-24-27-30-34-41-48-55-62-75(3)4)73-98-102(90,91)96-69-78(85)70-97-103(92,93)99-74-80(101-84(89)68-61-54-47-38-33-35-42-49-56-63-76(5)6)72-95-82(87)66-59-52-45-40-39-43-50-57-64-77(7)9-2/h75-80,85H,8-74H2,1-7H3,(H,90,91)(H,92,93)/t77?,78-,79-,80-/m1/s1. The fraction of sp³-hybridized carbons (Fsp3) is 0.952. The molecule has 0 saturated heterocycles. The number of esters is 4. The van der Waals surface area contributed by atoms with Gasteiger partial charge >= 0.3 is 39.5 Å². The first-order valence-corrected chi connectivity index (χ1v) is 46.4. The van der Waals surface area contributed by atoms with Crippen molar-refractivity contribution < 1.29 is 80.2 Å². The van der Waals surface area contributed by atoms with E-state index in [0.717, 1.165) is 108 Å². The zero-order chi connectivity index (χ0) is 75.8. The molecule has 0 aliphatic rings. The van der Waals surface area contributed by atoms with E-state index in [1.54, 1.807) is 0 Å². The minimum absolute atomic E-state index is 0.105. The summed E-state index contributed by atoms with van der Waals surface area (Å²) in [6.07, 6.45) is 63.9. The van der Waals surface area contributed by atoms with Gasteiger partial charge in [-0.1, -0.05) is 389 Å². The highest BCUT2D eigenvalue weighted by Gasteiger charge is 2.30. The van der Waals surface area contributed by atoms with Gasteiger partial charge in [0.2, 0.25) is 0 Å². The number of rotatable bonds is 82. The highest BCUT2D eigenvalue weighted by Crippen LogP contribution is 2.45. The number of carbonyl (C=O) groups is 4. The smallest absolute Gasteiger partial charge is 0.462 e. The number of phosphoric acid groups is 2. The summed E-state index contributed by atoms with van der Waals surface area (Å²) >= 11 is 0. The normalized spacial score (nSPS) is 14.2. The lowest BCUT2D eigenvalue weighted by Gasteiger charge is -2.21. The van der Waals surface area contributed by atoms with Crippen LogP contribution in [0.2, 0.25) is 0 Å². The number of aliphatic hydroxyl groups is 1. The minimum Gasteiger partial charge on any atom is -0.462 e. The average Bonchev–Trinajstić information content (AvgIpc) is 0.949. The van der Waals surface area contributed by atoms with Crippen molar-refractivity contribution in [3.05, 3.63) is 0 Å². The van der Waals surface area contributed by atoms with E-state index in [1.165, 1.54) is 250 Å². The van der Waals surface area contributed by atoms with Crippen molar-refractivity contribution in [3.63, 3.8) is 0 Å². The van der Waals surface area contributed by atoms with E-state index < -0.39 is 97.5 Å². The predicted octanol–water partition coefficient (Wildman–Crippen LogP) is 25.3. The van der Waals surface area contributed by atoms with E-state index in [9.17, 15) is 43.2 Å². The van der Waals surface area contributed by atoms with E-state index in [4.69, 9.17) is 37.0 Å². The number of hydrogen-bond acceptors (Lipinski definition) is 15. The van der Waals surface area contributed by atoms with Crippen molar-refractivity contribution in [3.8, 4) is 0 Å². The molecule has 0 spiro atoms. The van der Waals surface area contributed by atoms with Crippen LogP contribution in [0.5, 0.6) is 0 Å². The summed E-state index contributed by atoms with van der Waals surface area (Å²) in [6.45, 7) is 12.0. The maximum Gasteiger partial charge on any atom is 0.472 e. The Morgan fingerprint density at radius 3 is 0.738 bits per heavy atom. The van der Waals surface area contributed by atoms with Crippen LogP contribution in [0.1, 0.15) is 440 Å². The summed E-state index contributed by atoms with van der Waals surface area (Å²) in [7, 11) is -9.93. The van der Waals surface area contributed by atoms with Gasteiger partial charge in [-0.3, -0.25) is 37.3 Å². The highest BCUT2D eigenvalue weighted by molar-refractivity contribution is 7.47. The molecule has 3 N–H and O–H groups in total. The molecule has 19 heteroatoms. The Bertz CT molecular complexity index is 1990. The highest BCUT2D eigenvalue weighted by atomic mass is 31.2. The van der Waals surface area contributed by atoms with Gasteiger partial charge in [0.05, 0.1) is 26.4 Å². The fourth-order valence-electron chi connectivity index (χ4n) is 13.0. The Labute approximate surface area is 632 Å². The summed E-state index contributed by atoms with van der Waals surface area (Å²) in [6, 6.07) is 0. The molecule has 103 heavy (non-hydrogen) atoms.